The van der Waals surface area contributed by atoms with Crippen LogP contribution in [0.1, 0.15) is 33.5 Å². The van der Waals surface area contributed by atoms with E-state index in [4.69, 9.17) is 0 Å². The number of amides is 1. The Labute approximate surface area is 221 Å². The molecule has 0 saturated heterocycles. The maximum atomic E-state index is 13.1. The van der Waals surface area contributed by atoms with Gasteiger partial charge >= 0.3 is 35.5 Å². The third-order valence-electron chi connectivity index (χ3n) is 5.09. The molecule has 33 heavy (non-hydrogen) atoms. The number of thioether (sulfide) groups is 1. The molecule has 0 aliphatic heterocycles. The quantitative estimate of drug-likeness (QED) is 0.450. The molecule has 166 valence electrons. The van der Waals surface area contributed by atoms with Gasteiger partial charge in [0.1, 0.15) is 6.04 Å². The zero-order valence-corrected chi connectivity index (χ0v) is 18.9. The number of hydrogen-bond donors (Lipinski definition) is 2. The number of aryl methyl sites for hydroxylation is 1. The second-order valence-electron chi connectivity index (χ2n) is 7.39. The van der Waals surface area contributed by atoms with Crippen molar-refractivity contribution in [2.75, 3.05) is 12.0 Å². The number of carboxylic acids is 1. The van der Waals surface area contributed by atoms with E-state index in [0.717, 1.165) is 27.8 Å². The second kappa shape index (κ2) is 13.4. The molecule has 5 nitrogen and oxygen atoms in total. The number of benzene rings is 2. The molecule has 7 heteroatoms. The van der Waals surface area contributed by atoms with Crippen LogP contribution in [0.2, 0.25) is 0 Å². The van der Waals surface area contributed by atoms with E-state index >= 15 is 0 Å². The predicted molar refractivity (Wildman–Crippen MR) is 139 cm³/mol. The summed E-state index contributed by atoms with van der Waals surface area (Å²) in [5.41, 5.74) is 5.10. The first-order valence-corrected chi connectivity index (χ1v) is 11.7. The van der Waals surface area contributed by atoms with Crippen molar-refractivity contribution >= 4 is 65.3 Å². The summed E-state index contributed by atoms with van der Waals surface area (Å²) < 4.78 is 0. The molecule has 0 aliphatic carbocycles. The monoisotopic (exact) mass is 470 g/mol. The Balaban J connectivity index is 0.00000385. The van der Waals surface area contributed by atoms with Crippen LogP contribution in [0.5, 0.6) is 0 Å². The number of carboxylic acid groups (broad SMARTS) is 1. The van der Waals surface area contributed by atoms with Gasteiger partial charge in [-0.1, -0.05) is 48.6 Å². The molecule has 0 fully saturated rings. The van der Waals surface area contributed by atoms with Gasteiger partial charge in [0.05, 0.1) is 0 Å². The average molecular weight is 471 g/mol. The summed E-state index contributed by atoms with van der Waals surface area (Å²) in [4.78, 5) is 28.8. The standard InChI is InChI=1S/C26H26N2O3S.Na.H/c1-18-6-3-4-8-21(18)23-16-19(9-10-20-7-5-14-27-17-20)11-12-22(23)25(29)28-24(26(30)31)13-15-32-2;;/h3-12,14,16-17,24H,13,15H2,1-2H3,(H,28,29)(H,30,31);;. The van der Waals surface area contributed by atoms with Crippen molar-refractivity contribution < 1.29 is 14.7 Å². The van der Waals surface area contributed by atoms with E-state index in [1.54, 1.807) is 30.2 Å². The fraction of sp³-hybridized carbons (Fsp3) is 0.192. The van der Waals surface area contributed by atoms with E-state index in [1.807, 2.05) is 73.9 Å². The molecule has 3 rings (SSSR count). The first kappa shape index (κ1) is 26.9. The van der Waals surface area contributed by atoms with Crippen LogP contribution in [-0.2, 0) is 4.79 Å². The SMILES string of the molecule is CSCCC(NC(=O)c1ccc(C=Cc2cccnc2)cc1-c1ccccc1C)C(=O)O.[NaH]. The predicted octanol–water partition coefficient (Wildman–Crippen LogP) is 4.52. The number of nitrogens with one attached hydrogen (secondary N) is 1. The molecule has 0 aliphatic rings. The van der Waals surface area contributed by atoms with Gasteiger partial charge in [0, 0.05) is 18.0 Å². The van der Waals surface area contributed by atoms with Crippen molar-refractivity contribution in [3.05, 3.63) is 89.2 Å². The minimum absolute atomic E-state index is 0. The average Bonchev–Trinajstić information content (AvgIpc) is 2.81. The van der Waals surface area contributed by atoms with Crippen LogP contribution in [0.3, 0.4) is 0 Å². The van der Waals surface area contributed by atoms with Crippen molar-refractivity contribution in [1.29, 1.82) is 0 Å². The summed E-state index contributed by atoms with van der Waals surface area (Å²) in [7, 11) is 0. The number of pyridine rings is 1. The van der Waals surface area contributed by atoms with Crippen LogP contribution in [0.4, 0.5) is 0 Å². The number of nitrogens with zero attached hydrogens (tertiary/aromatic N) is 1. The Morgan fingerprint density at radius 1 is 1.06 bits per heavy atom. The zero-order valence-electron chi connectivity index (χ0n) is 18.1. The van der Waals surface area contributed by atoms with Crippen LogP contribution < -0.4 is 5.32 Å². The van der Waals surface area contributed by atoms with Gasteiger partial charge in [-0.05, 0) is 71.4 Å². The molecule has 0 saturated carbocycles. The summed E-state index contributed by atoms with van der Waals surface area (Å²) in [5.74, 6) is -0.764. The van der Waals surface area contributed by atoms with Gasteiger partial charge in [0.2, 0.25) is 0 Å². The molecule has 0 radical (unpaired) electrons. The van der Waals surface area contributed by atoms with Crippen LogP contribution in [0.15, 0.2) is 67.0 Å². The second-order valence-corrected chi connectivity index (χ2v) is 8.37. The van der Waals surface area contributed by atoms with Crippen molar-refractivity contribution in [3.8, 4) is 11.1 Å². The van der Waals surface area contributed by atoms with Gasteiger partial charge in [0.15, 0.2) is 0 Å². The summed E-state index contributed by atoms with van der Waals surface area (Å²) in [6, 6.07) is 16.3. The number of aromatic nitrogens is 1. The molecule has 1 unspecified atom stereocenters. The Morgan fingerprint density at radius 3 is 2.48 bits per heavy atom. The first-order chi connectivity index (χ1) is 15.5. The van der Waals surface area contributed by atoms with Crippen LogP contribution in [-0.4, -0.2) is 69.6 Å². The van der Waals surface area contributed by atoms with E-state index in [-0.39, 0.29) is 35.5 Å². The van der Waals surface area contributed by atoms with Crippen LogP contribution in [0.25, 0.3) is 23.3 Å². The molecule has 1 aromatic heterocycles. The number of rotatable bonds is 9. The van der Waals surface area contributed by atoms with Gasteiger partial charge in [0.25, 0.3) is 5.91 Å². The molecule has 0 bridgehead atoms. The van der Waals surface area contributed by atoms with E-state index in [9.17, 15) is 14.7 Å². The van der Waals surface area contributed by atoms with E-state index in [0.29, 0.717) is 17.7 Å². The Hall–Kier alpha value is -2.38. The van der Waals surface area contributed by atoms with Crippen molar-refractivity contribution in [3.63, 3.8) is 0 Å². The zero-order chi connectivity index (χ0) is 22.9. The molecule has 1 atom stereocenters. The third-order valence-corrected chi connectivity index (χ3v) is 5.73. The van der Waals surface area contributed by atoms with Crippen molar-refractivity contribution in [2.24, 2.45) is 0 Å². The van der Waals surface area contributed by atoms with E-state index in [1.165, 1.54) is 0 Å². The molecule has 2 aromatic carbocycles. The number of aliphatic carboxylic acids is 1. The Morgan fingerprint density at radius 2 is 1.82 bits per heavy atom. The molecule has 3 aromatic rings. The number of carbonyl (C=O) groups is 2. The molecular formula is C26H27N2NaO3S. The summed E-state index contributed by atoms with van der Waals surface area (Å²) in [5, 5.41) is 12.2. The summed E-state index contributed by atoms with van der Waals surface area (Å²) >= 11 is 1.55. The molecule has 2 N–H and O–H groups in total. The fourth-order valence-corrected chi connectivity index (χ4v) is 3.83. The molecular weight excluding hydrogens is 443 g/mol. The van der Waals surface area contributed by atoms with Gasteiger partial charge in [-0.2, -0.15) is 11.8 Å². The summed E-state index contributed by atoms with van der Waals surface area (Å²) in [6.07, 6.45) is 9.72. The minimum atomic E-state index is -1.03. The van der Waals surface area contributed by atoms with Crippen LogP contribution in [0, 0.1) is 6.92 Å². The van der Waals surface area contributed by atoms with E-state index < -0.39 is 12.0 Å². The topological polar surface area (TPSA) is 79.3 Å². The first-order valence-electron chi connectivity index (χ1n) is 10.3. The van der Waals surface area contributed by atoms with Crippen molar-refractivity contribution in [1.82, 2.24) is 10.3 Å². The van der Waals surface area contributed by atoms with Crippen LogP contribution >= 0.6 is 11.8 Å². The fourth-order valence-electron chi connectivity index (χ4n) is 3.36. The molecule has 1 amide bonds. The summed E-state index contributed by atoms with van der Waals surface area (Å²) in [6.45, 7) is 1.99. The maximum absolute atomic E-state index is 13.1. The normalized spacial score (nSPS) is 11.6. The van der Waals surface area contributed by atoms with Crippen molar-refractivity contribution in [2.45, 2.75) is 19.4 Å². The molecule has 0 spiro atoms. The Bertz CT molecular complexity index is 1120. The van der Waals surface area contributed by atoms with Gasteiger partial charge in [-0.15, -0.1) is 0 Å². The van der Waals surface area contributed by atoms with E-state index in [2.05, 4.69) is 10.3 Å². The van der Waals surface area contributed by atoms with Gasteiger partial charge < -0.3 is 10.4 Å². The van der Waals surface area contributed by atoms with Gasteiger partial charge in [-0.25, -0.2) is 4.79 Å². The molecule has 1 heterocycles. The number of carbonyl (C=O) groups excluding carboxylic acids is 1. The van der Waals surface area contributed by atoms with Gasteiger partial charge in [-0.3, -0.25) is 9.78 Å². The Kier molecular flexibility index (Phi) is 10.9. The third kappa shape index (κ3) is 7.57. The number of hydrogen-bond acceptors (Lipinski definition) is 4.